The lowest BCUT2D eigenvalue weighted by Crippen LogP contribution is -2.31. The van der Waals surface area contributed by atoms with Crippen molar-refractivity contribution < 1.29 is 18.7 Å². The minimum Gasteiger partial charge on any atom is -0.467 e. The van der Waals surface area contributed by atoms with Gasteiger partial charge in [-0.05, 0) is 29.5 Å². The molecule has 1 aliphatic rings. The zero-order chi connectivity index (χ0) is 20.4. The number of nitrogens with one attached hydrogen (secondary N) is 1. The first kappa shape index (κ1) is 19.1. The number of rotatable bonds is 6. The molecular formula is C20H20N4O4S. The number of H-pyrrole nitrogens is 1. The Balaban J connectivity index is 1.49. The second-order valence-electron chi connectivity index (χ2n) is 6.93. The number of hydrogen-bond acceptors (Lipinski definition) is 7. The highest BCUT2D eigenvalue weighted by Gasteiger charge is 2.35. The maximum atomic E-state index is 12.8. The summed E-state index contributed by atoms with van der Waals surface area (Å²) in [5.74, 6) is -0.291. The van der Waals surface area contributed by atoms with E-state index in [9.17, 15) is 9.59 Å². The molecule has 0 saturated carbocycles. The van der Waals surface area contributed by atoms with E-state index in [1.807, 2.05) is 37.4 Å². The molecule has 3 aromatic rings. The average molecular weight is 412 g/mol. The lowest BCUT2D eigenvalue weighted by molar-refractivity contribution is -0.136. The highest BCUT2D eigenvalue weighted by molar-refractivity contribution is 7.12. The summed E-state index contributed by atoms with van der Waals surface area (Å²) in [4.78, 5) is 26.2. The fraction of sp³-hybridized carbons (Fsp3) is 0.300. The monoisotopic (exact) mass is 412 g/mol. The quantitative estimate of drug-likeness (QED) is 0.622. The number of nitrogens with zero attached hydrogens (tertiary/aromatic N) is 3. The Hall–Kier alpha value is -3.20. The Morgan fingerprint density at radius 2 is 2.24 bits per heavy atom. The lowest BCUT2D eigenvalue weighted by atomic mass is 10.1. The normalized spacial score (nSPS) is 16.3. The molecule has 1 atom stereocenters. The fourth-order valence-electron chi connectivity index (χ4n) is 3.20. The van der Waals surface area contributed by atoms with Crippen LogP contribution >= 0.6 is 11.3 Å². The number of carbonyl (C=O) groups is 2. The molecule has 0 spiro atoms. The van der Waals surface area contributed by atoms with E-state index in [0.29, 0.717) is 23.4 Å². The number of ether oxygens (including phenoxy) is 1. The first-order chi connectivity index (χ1) is 14.0. The van der Waals surface area contributed by atoms with Crippen LogP contribution in [0.25, 0.3) is 0 Å². The van der Waals surface area contributed by atoms with Gasteiger partial charge < -0.3 is 9.15 Å². The Labute approximate surface area is 171 Å². The van der Waals surface area contributed by atoms with Crippen LogP contribution in [0.1, 0.15) is 58.9 Å². The summed E-state index contributed by atoms with van der Waals surface area (Å²) in [5.41, 5.74) is 1.81. The number of aromatic nitrogens is 2. The molecule has 0 aromatic carbocycles. The molecular weight excluding hydrogens is 392 g/mol. The van der Waals surface area contributed by atoms with E-state index < -0.39 is 18.5 Å². The molecule has 4 rings (SSSR count). The largest absolute Gasteiger partial charge is 0.467 e. The van der Waals surface area contributed by atoms with Gasteiger partial charge in [0, 0.05) is 6.42 Å². The topological polar surface area (TPSA) is 101 Å². The van der Waals surface area contributed by atoms with Crippen molar-refractivity contribution in [2.24, 2.45) is 5.10 Å². The lowest BCUT2D eigenvalue weighted by Gasteiger charge is -2.19. The van der Waals surface area contributed by atoms with Crippen LogP contribution in [-0.4, -0.2) is 39.4 Å². The third-order valence-corrected chi connectivity index (χ3v) is 5.55. The SMILES string of the molecule is CC(C)c1[nH]ncc1C(=O)OCC(=O)N1N=C(c2cccs2)CC1c1ccco1. The molecule has 1 unspecified atom stereocenters. The van der Waals surface area contributed by atoms with Crippen LogP contribution in [0.4, 0.5) is 0 Å². The molecule has 8 nitrogen and oxygen atoms in total. The van der Waals surface area contributed by atoms with E-state index in [1.54, 1.807) is 23.7 Å². The number of esters is 1. The predicted molar refractivity (Wildman–Crippen MR) is 107 cm³/mol. The summed E-state index contributed by atoms with van der Waals surface area (Å²) in [6, 6.07) is 7.11. The average Bonchev–Trinajstić information content (AvgIpc) is 3.49. The molecule has 1 N–H and O–H groups in total. The van der Waals surface area contributed by atoms with Gasteiger partial charge in [0.1, 0.15) is 17.4 Å². The summed E-state index contributed by atoms with van der Waals surface area (Å²) >= 11 is 1.56. The summed E-state index contributed by atoms with van der Waals surface area (Å²) in [7, 11) is 0. The molecule has 9 heteroatoms. The minimum atomic E-state index is -0.591. The summed E-state index contributed by atoms with van der Waals surface area (Å²) < 4.78 is 10.8. The molecule has 0 radical (unpaired) electrons. The number of hydrazone groups is 1. The molecule has 1 aliphatic heterocycles. The van der Waals surface area contributed by atoms with Crippen LogP contribution < -0.4 is 0 Å². The number of hydrogen-bond donors (Lipinski definition) is 1. The van der Waals surface area contributed by atoms with Gasteiger partial charge in [0.25, 0.3) is 5.91 Å². The zero-order valence-electron chi connectivity index (χ0n) is 16.0. The first-order valence-electron chi connectivity index (χ1n) is 9.21. The van der Waals surface area contributed by atoms with Gasteiger partial charge in [0.05, 0.1) is 28.7 Å². The van der Waals surface area contributed by atoms with Crippen molar-refractivity contribution in [1.82, 2.24) is 15.2 Å². The van der Waals surface area contributed by atoms with Crippen LogP contribution in [0.5, 0.6) is 0 Å². The number of carbonyl (C=O) groups excluding carboxylic acids is 2. The third kappa shape index (κ3) is 3.86. The third-order valence-electron chi connectivity index (χ3n) is 4.64. The van der Waals surface area contributed by atoms with Gasteiger partial charge in [0.15, 0.2) is 6.61 Å². The summed E-state index contributed by atoms with van der Waals surface area (Å²) in [6.07, 6.45) is 3.51. The second kappa shape index (κ2) is 8.04. The molecule has 4 heterocycles. The molecule has 3 aromatic heterocycles. The van der Waals surface area contributed by atoms with Gasteiger partial charge in [-0.15, -0.1) is 11.3 Å². The molecule has 150 valence electrons. The molecule has 0 saturated heterocycles. The molecule has 29 heavy (non-hydrogen) atoms. The van der Waals surface area contributed by atoms with Gasteiger partial charge in [-0.25, -0.2) is 9.80 Å². The maximum Gasteiger partial charge on any atom is 0.342 e. The van der Waals surface area contributed by atoms with E-state index in [1.165, 1.54) is 11.2 Å². The van der Waals surface area contributed by atoms with E-state index in [-0.39, 0.29) is 12.0 Å². The number of furan rings is 1. The van der Waals surface area contributed by atoms with Crippen molar-refractivity contribution in [2.45, 2.75) is 32.2 Å². The van der Waals surface area contributed by atoms with E-state index >= 15 is 0 Å². The van der Waals surface area contributed by atoms with E-state index in [0.717, 1.165) is 10.6 Å². The van der Waals surface area contributed by atoms with Crippen molar-refractivity contribution in [2.75, 3.05) is 6.61 Å². The Bertz CT molecular complexity index is 1020. The van der Waals surface area contributed by atoms with Gasteiger partial charge in [-0.3, -0.25) is 9.89 Å². The van der Waals surface area contributed by atoms with Gasteiger partial charge >= 0.3 is 5.97 Å². The predicted octanol–water partition coefficient (Wildman–Crippen LogP) is 3.72. The minimum absolute atomic E-state index is 0.0793. The Kier molecular flexibility index (Phi) is 5.30. The van der Waals surface area contributed by atoms with Crippen molar-refractivity contribution in [3.8, 4) is 0 Å². The number of aromatic amines is 1. The maximum absolute atomic E-state index is 12.8. The van der Waals surface area contributed by atoms with Crippen LogP contribution in [0.2, 0.25) is 0 Å². The van der Waals surface area contributed by atoms with Crippen molar-refractivity contribution in [1.29, 1.82) is 0 Å². The second-order valence-corrected chi connectivity index (χ2v) is 7.87. The molecule has 0 fully saturated rings. The number of amides is 1. The zero-order valence-corrected chi connectivity index (χ0v) is 16.8. The van der Waals surface area contributed by atoms with Gasteiger partial charge in [0.2, 0.25) is 0 Å². The van der Waals surface area contributed by atoms with Gasteiger partial charge in [-0.1, -0.05) is 19.9 Å². The van der Waals surface area contributed by atoms with Crippen molar-refractivity contribution in [3.05, 3.63) is 64.0 Å². The van der Waals surface area contributed by atoms with Crippen LogP contribution in [0.3, 0.4) is 0 Å². The fourth-order valence-corrected chi connectivity index (χ4v) is 3.93. The van der Waals surface area contributed by atoms with Crippen molar-refractivity contribution >= 4 is 28.9 Å². The smallest absolute Gasteiger partial charge is 0.342 e. The summed E-state index contributed by atoms with van der Waals surface area (Å²) in [5, 5.41) is 14.5. The van der Waals surface area contributed by atoms with Crippen molar-refractivity contribution in [3.63, 3.8) is 0 Å². The highest BCUT2D eigenvalue weighted by Crippen LogP contribution is 2.34. The summed E-state index contributed by atoms with van der Waals surface area (Å²) in [6.45, 7) is 3.46. The van der Waals surface area contributed by atoms with E-state index in [4.69, 9.17) is 9.15 Å². The van der Waals surface area contributed by atoms with Crippen LogP contribution in [0.15, 0.2) is 51.6 Å². The Morgan fingerprint density at radius 3 is 2.93 bits per heavy atom. The highest BCUT2D eigenvalue weighted by atomic mass is 32.1. The Morgan fingerprint density at radius 1 is 1.38 bits per heavy atom. The van der Waals surface area contributed by atoms with E-state index in [2.05, 4.69) is 15.3 Å². The molecule has 1 amide bonds. The molecule has 0 bridgehead atoms. The first-order valence-corrected chi connectivity index (χ1v) is 10.1. The van der Waals surface area contributed by atoms with Crippen LogP contribution in [0, 0.1) is 0 Å². The standard InChI is InChI=1S/C20H20N4O4S/c1-12(2)19-13(10-21-22-19)20(26)28-11-18(25)24-15(16-5-3-7-27-16)9-14(23-24)17-6-4-8-29-17/h3-8,10,12,15H,9,11H2,1-2H3,(H,21,22). The number of thiophene rings is 1. The van der Waals surface area contributed by atoms with Gasteiger partial charge in [-0.2, -0.15) is 10.2 Å². The van der Waals surface area contributed by atoms with Crippen LogP contribution in [-0.2, 0) is 9.53 Å². The molecule has 0 aliphatic carbocycles.